The van der Waals surface area contributed by atoms with Gasteiger partial charge in [0.2, 0.25) is 0 Å². The molecule has 1 amide bonds. The number of nitrogens with one attached hydrogen (secondary N) is 1. The predicted octanol–water partition coefficient (Wildman–Crippen LogP) is 4.17. The molecule has 1 aliphatic heterocycles. The number of hydrogen-bond donors (Lipinski definition) is 1. The zero-order chi connectivity index (χ0) is 24.2. The lowest BCUT2D eigenvalue weighted by Crippen LogP contribution is -2.32. The summed E-state index contributed by atoms with van der Waals surface area (Å²) < 4.78 is 2.22. The molecule has 7 nitrogen and oxygen atoms in total. The van der Waals surface area contributed by atoms with Crippen LogP contribution in [-0.4, -0.2) is 43.6 Å². The fourth-order valence-corrected chi connectivity index (χ4v) is 4.77. The van der Waals surface area contributed by atoms with Crippen LogP contribution in [0.4, 0.5) is 0 Å². The van der Waals surface area contributed by atoms with Gasteiger partial charge in [-0.3, -0.25) is 14.7 Å². The molecular formula is C27H36N6O. The first kappa shape index (κ1) is 24.1. The second-order valence-corrected chi connectivity index (χ2v) is 9.95. The van der Waals surface area contributed by atoms with E-state index in [0.29, 0.717) is 11.5 Å². The SMILES string of the molecule is Cc1cc(C)cc(C(=O)NC(CC(C)C)c2nnc3n2CCN(Cc2cccc(C)n2)CC3)c1. The Morgan fingerprint density at radius 2 is 1.79 bits per heavy atom. The van der Waals surface area contributed by atoms with Crippen molar-refractivity contribution in [2.45, 2.75) is 66.6 Å². The van der Waals surface area contributed by atoms with E-state index in [2.05, 4.69) is 62.0 Å². The van der Waals surface area contributed by atoms with Gasteiger partial charge >= 0.3 is 0 Å². The fraction of sp³-hybridized carbons (Fsp3) is 0.481. The topological polar surface area (TPSA) is 75.9 Å². The van der Waals surface area contributed by atoms with Crippen molar-refractivity contribution < 1.29 is 4.79 Å². The quantitative estimate of drug-likeness (QED) is 0.573. The van der Waals surface area contributed by atoms with Gasteiger partial charge in [0.05, 0.1) is 11.7 Å². The number of benzene rings is 1. The molecule has 3 aromatic rings. The number of fused-ring (bicyclic) bond motifs is 1. The Bertz CT molecular complexity index is 1130. The van der Waals surface area contributed by atoms with Crippen LogP contribution in [0.25, 0.3) is 0 Å². The molecule has 4 rings (SSSR count). The molecule has 1 N–H and O–H groups in total. The molecule has 0 spiro atoms. The molecular weight excluding hydrogens is 424 g/mol. The normalized spacial score (nSPS) is 15.1. The van der Waals surface area contributed by atoms with Crippen molar-refractivity contribution in [2.75, 3.05) is 13.1 Å². The Kier molecular flexibility index (Phi) is 7.41. The Hall–Kier alpha value is -3.06. The van der Waals surface area contributed by atoms with E-state index in [-0.39, 0.29) is 11.9 Å². The minimum Gasteiger partial charge on any atom is -0.342 e. The van der Waals surface area contributed by atoms with E-state index in [0.717, 1.165) is 73.2 Å². The second kappa shape index (κ2) is 10.5. The number of hydrogen-bond acceptors (Lipinski definition) is 5. The monoisotopic (exact) mass is 460 g/mol. The number of pyridine rings is 1. The first-order valence-corrected chi connectivity index (χ1v) is 12.2. The van der Waals surface area contributed by atoms with Gasteiger partial charge in [0.25, 0.3) is 5.91 Å². The number of rotatable bonds is 7. The largest absolute Gasteiger partial charge is 0.342 e. The summed E-state index contributed by atoms with van der Waals surface area (Å²) in [6, 6.07) is 12.0. The van der Waals surface area contributed by atoms with E-state index in [1.54, 1.807) is 0 Å². The van der Waals surface area contributed by atoms with Crippen molar-refractivity contribution in [3.05, 3.63) is 76.1 Å². The summed E-state index contributed by atoms with van der Waals surface area (Å²) in [4.78, 5) is 20.3. The molecule has 7 heteroatoms. The zero-order valence-corrected chi connectivity index (χ0v) is 21.0. The van der Waals surface area contributed by atoms with Crippen molar-refractivity contribution in [2.24, 2.45) is 5.92 Å². The number of carbonyl (C=O) groups excluding carboxylic acids is 1. The van der Waals surface area contributed by atoms with Gasteiger partial charge in [-0.2, -0.15) is 0 Å². The first-order valence-electron chi connectivity index (χ1n) is 12.2. The number of amides is 1. The Morgan fingerprint density at radius 1 is 1.03 bits per heavy atom. The third kappa shape index (κ3) is 5.89. The maximum atomic E-state index is 13.2. The zero-order valence-electron chi connectivity index (χ0n) is 21.0. The maximum Gasteiger partial charge on any atom is 0.251 e. The number of aromatic nitrogens is 4. The van der Waals surface area contributed by atoms with Crippen LogP contribution >= 0.6 is 0 Å². The molecule has 0 fully saturated rings. The lowest BCUT2D eigenvalue weighted by Gasteiger charge is -2.22. The summed E-state index contributed by atoms with van der Waals surface area (Å²) in [5.74, 6) is 2.20. The van der Waals surface area contributed by atoms with E-state index in [1.165, 1.54) is 0 Å². The molecule has 180 valence electrons. The van der Waals surface area contributed by atoms with Gasteiger partial charge < -0.3 is 9.88 Å². The van der Waals surface area contributed by atoms with Crippen LogP contribution in [-0.2, 0) is 19.5 Å². The smallest absolute Gasteiger partial charge is 0.251 e. The molecule has 1 atom stereocenters. The van der Waals surface area contributed by atoms with Crippen molar-refractivity contribution in [1.82, 2.24) is 30.0 Å². The standard InChI is InChI=1S/C27H36N6O/c1-18(2)13-24(29-27(34)22-15-19(3)14-20(4)16-22)26-31-30-25-9-10-32(11-12-33(25)26)17-23-8-6-7-21(5)28-23/h6-8,14-16,18,24H,9-13,17H2,1-5H3,(H,29,34). The molecule has 2 aromatic heterocycles. The lowest BCUT2D eigenvalue weighted by atomic mass is 10.0. The average molecular weight is 461 g/mol. The molecule has 3 heterocycles. The van der Waals surface area contributed by atoms with Crippen LogP contribution in [0.2, 0.25) is 0 Å². The van der Waals surface area contributed by atoms with E-state index in [4.69, 9.17) is 0 Å². The summed E-state index contributed by atoms with van der Waals surface area (Å²) >= 11 is 0. The minimum absolute atomic E-state index is 0.0597. The second-order valence-electron chi connectivity index (χ2n) is 9.95. The van der Waals surface area contributed by atoms with Crippen molar-refractivity contribution >= 4 is 5.91 Å². The summed E-state index contributed by atoms with van der Waals surface area (Å²) in [5, 5.41) is 12.4. The molecule has 34 heavy (non-hydrogen) atoms. The van der Waals surface area contributed by atoms with E-state index < -0.39 is 0 Å². The van der Waals surface area contributed by atoms with Gasteiger partial charge in [-0.25, -0.2) is 0 Å². The summed E-state index contributed by atoms with van der Waals surface area (Å²) in [5.41, 5.74) is 5.01. The molecule has 0 saturated heterocycles. The van der Waals surface area contributed by atoms with Crippen molar-refractivity contribution in [3.63, 3.8) is 0 Å². The van der Waals surface area contributed by atoms with Gasteiger partial charge in [-0.15, -0.1) is 10.2 Å². The highest BCUT2D eigenvalue weighted by Crippen LogP contribution is 2.23. The molecule has 1 unspecified atom stereocenters. The highest BCUT2D eigenvalue weighted by molar-refractivity contribution is 5.94. The number of carbonyl (C=O) groups is 1. The Labute approximate surface area is 202 Å². The lowest BCUT2D eigenvalue weighted by molar-refractivity contribution is 0.0928. The van der Waals surface area contributed by atoms with Crippen molar-refractivity contribution in [1.29, 1.82) is 0 Å². The van der Waals surface area contributed by atoms with Crippen LogP contribution in [0.5, 0.6) is 0 Å². The Morgan fingerprint density at radius 3 is 2.50 bits per heavy atom. The molecule has 1 aromatic carbocycles. The van der Waals surface area contributed by atoms with Gasteiger partial charge in [0.1, 0.15) is 5.82 Å². The van der Waals surface area contributed by atoms with E-state index in [9.17, 15) is 4.79 Å². The third-order valence-electron chi connectivity index (χ3n) is 6.29. The van der Waals surface area contributed by atoms with Crippen molar-refractivity contribution in [3.8, 4) is 0 Å². The summed E-state index contributed by atoms with van der Waals surface area (Å²) in [6.45, 7) is 13.9. The van der Waals surface area contributed by atoms with Crippen LogP contribution < -0.4 is 5.32 Å². The van der Waals surface area contributed by atoms with Crippen LogP contribution in [0.15, 0.2) is 36.4 Å². The maximum absolute atomic E-state index is 13.2. The molecule has 0 bridgehead atoms. The average Bonchev–Trinajstić information content (AvgIpc) is 3.06. The molecule has 0 saturated carbocycles. The Balaban J connectivity index is 1.51. The minimum atomic E-state index is -0.181. The van der Waals surface area contributed by atoms with Crippen LogP contribution in [0.1, 0.15) is 70.8 Å². The summed E-state index contributed by atoms with van der Waals surface area (Å²) in [7, 11) is 0. The van der Waals surface area contributed by atoms with E-state index >= 15 is 0 Å². The van der Waals surface area contributed by atoms with E-state index in [1.807, 2.05) is 39.0 Å². The van der Waals surface area contributed by atoms with Crippen LogP contribution in [0.3, 0.4) is 0 Å². The molecule has 1 aliphatic rings. The van der Waals surface area contributed by atoms with Crippen LogP contribution in [0, 0.1) is 26.7 Å². The van der Waals surface area contributed by atoms with Gasteiger partial charge in [-0.1, -0.05) is 37.1 Å². The number of nitrogens with zero attached hydrogens (tertiary/aromatic N) is 5. The van der Waals surface area contributed by atoms with Gasteiger partial charge in [0, 0.05) is 43.9 Å². The van der Waals surface area contributed by atoms with Gasteiger partial charge in [0.15, 0.2) is 5.82 Å². The predicted molar refractivity (Wildman–Crippen MR) is 134 cm³/mol. The highest BCUT2D eigenvalue weighted by atomic mass is 16.1. The highest BCUT2D eigenvalue weighted by Gasteiger charge is 2.26. The molecule has 0 aliphatic carbocycles. The third-order valence-corrected chi connectivity index (χ3v) is 6.29. The first-order chi connectivity index (χ1) is 16.3. The molecule has 0 radical (unpaired) electrons. The number of aryl methyl sites for hydroxylation is 3. The fourth-order valence-electron chi connectivity index (χ4n) is 4.77. The van der Waals surface area contributed by atoms with Gasteiger partial charge in [-0.05, 0) is 57.4 Å². The summed E-state index contributed by atoms with van der Waals surface area (Å²) in [6.07, 6.45) is 1.64.